The standard InChI is InChI=1S/C18H17ClN2O3/c1-22-13-9-12-15(11-7-5-4-6-8-11)20-14(10-19)21-16(12)18(24-3)17(13)23-2/h4-9H,10H2,1-3H3. The fourth-order valence-electron chi connectivity index (χ4n) is 2.65. The summed E-state index contributed by atoms with van der Waals surface area (Å²) in [7, 11) is 4.72. The lowest BCUT2D eigenvalue weighted by Gasteiger charge is -2.16. The Morgan fingerprint density at radius 2 is 1.62 bits per heavy atom. The van der Waals surface area contributed by atoms with Crippen molar-refractivity contribution in [2.24, 2.45) is 0 Å². The third-order valence-electron chi connectivity index (χ3n) is 3.71. The Hall–Kier alpha value is -2.53. The average Bonchev–Trinajstić information content (AvgIpc) is 2.65. The van der Waals surface area contributed by atoms with Crippen LogP contribution in [0.2, 0.25) is 0 Å². The Bertz CT molecular complexity index is 869. The summed E-state index contributed by atoms with van der Waals surface area (Å²) in [5.41, 5.74) is 2.38. The second-order valence-electron chi connectivity index (χ2n) is 5.03. The van der Waals surface area contributed by atoms with Crippen LogP contribution in [0.1, 0.15) is 5.82 Å². The monoisotopic (exact) mass is 344 g/mol. The van der Waals surface area contributed by atoms with Crippen LogP contribution in [-0.2, 0) is 5.88 Å². The van der Waals surface area contributed by atoms with Crippen molar-refractivity contribution < 1.29 is 14.2 Å². The van der Waals surface area contributed by atoms with Gasteiger partial charge < -0.3 is 14.2 Å². The van der Waals surface area contributed by atoms with Gasteiger partial charge >= 0.3 is 0 Å². The minimum Gasteiger partial charge on any atom is -0.493 e. The summed E-state index contributed by atoms with van der Waals surface area (Å²) >= 11 is 5.99. The van der Waals surface area contributed by atoms with Gasteiger partial charge in [-0.2, -0.15) is 0 Å². The fourth-order valence-corrected chi connectivity index (χ4v) is 2.77. The van der Waals surface area contributed by atoms with Crippen molar-refractivity contribution in [2.45, 2.75) is 5.88 Å². The van der Waals surface area contributed by atoms with Crippen LogP contribution in [0.25, 0.3) is 22.2 Å². The van der Waals surface area contributed by atoms with E-state index < -0.39 is 0 Å². The van der Waals surface area contributed by atoms with Crippen LogP contribution in [0.15, 0.2) is 36.4 Å². The Morgan fingerprint density at radius 1 is 0.917 bits per heavy atom. The topological polar surface area (TPSA) is 53.5 Å². The van der Waals surface area contributed by atoms with Crippen LogP contribution < -0.4 is 14.2 Å². The fraction of sp³-hybridized carbons (Fsp3) is 0.222. The molecule has 0 atom stereocenters. The lowest BCUT2D eigenvalue weighted by atomic mass is 10.0. The number of fused-ring (bicyclic) bond motifs is 1. The molecule has 0 radical (unpaired) electrons. The zero-order valence-electron chi connectivity index (χ0n) is 13.7. The molecular weight excluding hydrogens is 328 g/mol. The van der Waals surface area contributed by atoms with Crippen LogP contribution in [-0.4, -0.2) is 31.3 Å². The molecule has 124 valence electrons. The smallest absolute Gasteiger partial charge is 0.205 e. The molecule has 2 aromatic carbocycles. The molecular formula is C18H17ClN2O3. The van der Waals surface area contributed by atoms with Gasteiger partial charge in [0, 0.05) is 10.9 Å². The average molecular weight is 345 g/mol. The number of hydrogen-bond donors (Lipinski definition) is 0. The molecule has 0 unspecified atom stereocenters. The van der Waals surface area contributed by atoms with Crippen molar-refractivity contribution in [2.75, 3.05) is 21.3 Å². The molecule has 24 heavy (non-hydrogen) atoms. The third-order valence-corrected chi connectivity index (χ3v) is 3.95. The van der Waals surface area contributed by atoms with Gasteiger partial charge in [-0.05, 0) is 6.07 Å². The number of halogens is 1. The third kappa shape index (κ3) is 2.71. The quantitative estimate of drug-likeness (QED) is 0.653. The largest absolute Gasteiger partial charge is 0.493 e. The molecule has 0 fully saturated rings. The van der Waals surface area contributed by atoms with Crippen LogP contribution in [0.4, 0.5) is 0 Å². The van der Waals surface area contributed by atoms with Crippen molar-refractivity contribution in [1.29, 1.82) is 0 Å². The second kappa shape index (κ2) is 6.93. The van der Waals surface area contributed by atoms with Gasteiger partial charge in [-0.25, -0.2) is 9.97 Å². The maximum atomic E-state index is 5.99. The zero-order valence-corrected chi connectivity index (χ0v) is 14.4. The summed E-state index contributed by atoms with van der Waals surface area (Å²) in [6, 6.07) is 11.7. The molecule has 0 aliphatic rings. The second-order valence-corrected chi connectivity index (χ2v) is 5.30. The highest BCUT2D eigenvalue weighted by Gasteiger charge is 2.21. The van der Waals surface area contributed by atoms with E-state index in [2.05, 4.69) is 9.97 Å². The summed E-state index contributed by atoms with van der Waals surface area (Å²) in [6.45, 7) is 0. The molecule has 0 saturated heterocycles. The van der Waals surface area contributed by atoms with E-state index in [1.807, 2.05) is 36.4 Å². The van der Waals surface area contributed by atoms with Crippen LogP contribution in [0, 0.1) is 0 Å². The van der Waals surface area contributed by atoms with Gasteiger partial charge in [-0.15, -0.1) is 11.6 Å². The molecule has 3 aromatic rings. The van der Waals surface area contributed by atoms with Crippen molar-refractivity contribution in [3.8, 4) is 28.5 Å². The normalized spacial score (nSPS) is 10.7. The summed E-state index contributed by atoms with van der Waals surface area (Å²) in [6.07, 6.45) is 0. The van der Waals surface area contributed by atoms with Crippen LogP contribution in [0.3, 0.4) is 0 Å². The minimum absolute atomic E-state index is 0.202. The molecule has 0 aliphatic carbocycles. The van der Waals surface area contributed by atoms with E-state index in [0.717, 1.165) is 16.6 Å². The highest BCUT2D eigenvalue weighted by molar-refractivity contribution is 6.16. The van der Waals surface area contributed by atoms with Gasteiger partial charge in [0.05, 0.1) is 32.9 Å². The Balaban J connectivity index is 2.44. The minimum atomic E-state index is 0.202. The van der Waals surface area contributed by atoms with E-state index in [1.165, 1.54) is 0 Å². The number of nitrogens with zero attached hydrogens (tertiary/aromatic N) is 2. The first-order valence-corrected chi connectivity index (χ1v) is 7.87. The Labute approximate surface area is 145 Å². The Kier molecular flexibility index (Phi) is 4.71. The highest BCUT2D eigenvalue weighted by atomic mass is 35.5. The van der Waals surface area contributed by atoms with E-state index in [-0.39, 0.29) is 5.88 Å². The van der Waals surface area contributed by atoms with Crippen molar-refractivity contribution >= 4 is 22.5 Å². The van der Waals surface area contributed by atoms with Gasteiger partial charge in [0.1, 0.15) is 11.3 Å². The molecule has 0 amide bonds. The van der Waals surface area contributed by atoms with Gasteiger partial charge in [0.25, 0.3) is 0 Å². The molecule has 1 heterocycles. The van der Waals surface area contributed by atoms with Gasteiger partial charge in [-0.1, -0.05) is 30.3 Å². The summed E-state index contributed by atoms with van der Waals surface area (Å²) in [5, 5.41) is 0.810. The number of rotatable bonds is 5. The van der Waals surface area contributed by atoms with Gasteiger partial charge in [0.2, 0.25) is 5.75 Å². The zero-order chi connectivity index (χ0) is 17.1. The van der Waals surface area contributed by atoms with Crippen LogP contribution >= 0.6 is 11.6 Å². The summed E-state index contributed by atoms with van der Waals surface area (Å²) in [4.78, 5) is 9.13. The molecule has 1 aromatic heterocycles. The summed E-state index contributed by atoms with van der Waals surface area (Å²) in [5.74, 6) is 2.27. The predicted octanol–water partition coefficient (Wildman–Crippen LogP) is 4.06. The molecule has 0 saturated carbocycles. The number of alkyl halides is 1. The van der Waals surface area contributed by atoms with E-state index in [4.69, 9.17) is 25.8 Å². The van der Waals surface area contributed by atoms with Crippen LogP contribution in [0.5, 0.6) is 17.2 Å². The first-order chi connectivity index (χ1) is 11.7. The molecule has 6 heteroatoms. The SMILES string of the molecule is COc1cc2c(-c3ccccc3)nc(CCl)nc2c(OC)c1OC. The van der Waals surface area contributed by atoms with Crippen molar-refractivity contribution in [3.63, 3.8) is 0 Å². The number of methoxy groups -OCH3 is 3. The molecule has 3 rings (SSSR count). The van der Waals surface area contributed by atoms with Crippen molar-refractivity contribution in [1.82, 2.24) is 9.97 Å². The maximum Gasteiger partial charge on any atom is 0.205 e. The van der Waals surface area contributed by atoms with E-state index in [9.17, 15) is 0 Å². The number of benzene rings is 2. The lowest BCUT2D eigenvalue weighted by molar-refractivity contribution is 0.327. The van der Waals surface area contributed by atoms with Crippen molar-refractivity contribution in [3.05, 3.63) is 42.2 Å². The summed E-state index contributed by atoms with van der Waals surface area (Å²) < 4.78 is 16.4. The molecule has 0 aliphatic heterocycles. The number of ether oxygens (including phenoxy) is 3. The van der Waals surface area contributed by atoms with E-state index >= 15 is 0 Å². The maximum absolute atomic E-state index is 5.99. The molecule has 0 bridgehead atoms. The van der Waals surface area contributed by atoms with Gasteiger partial charge in [0.15, 0.2) is 11.5 Å². The predicted molar refractivity (Wildman–Crippen MR) is 94.2 cm³/mol. The number of aromatic nitrogens is 2. The Morgan fingerprint density at radius 3 is 2.21 bits per heavy atom. The molecule has 0 spiro atoms. The first kappa shape index (κ1) is 16.3. The lowest BCUT2D eigenvalue weighted by Crippen LogP contribution is -2.01. The van der Waals surface area contributed by atoms with E-state index in [1.54, 1.807) is 21.3 Å². The molecule has 0 N–H and O–H groups in total. The van der Waals surface area contributed by atoms with E-state index in [0.29, 0.717) is 28.6 Å². The first-order valence-electron chi connectivity index (χ1n) is 7.34. The van der Waals surface area contributed by atoms with Gasteiger partial charge in [-0.3, -0.25) is 0 Å². The number of hydrogen-bond acceptors (Lipinski definition) is 5. The molecule has 5 nitrogen and oxygen atoms in total. The highest BCUT2D eigenvalue weighted by Crippen LogP contribution is 2.44.